The quantitative estimate of drug-likeness (QED) is 0.736. The van der Waals surface area contributed by atoms with Crippen LogP contribution in [0.3, 0.4) is 0 Å². The summed E-state index contributed by atoms with van der Waals surface area (Å²) in [6, 6.07) is 9.22. The molecule has 1 aromatic carbocycles. The molecule has 0 aliphatic carbocycles. The summed E-state index contributed by atoms with van der Waals surface area (Å²) in [5, 5.41) is 3.29. The van der Waals surface area contributed by atoms with E-state index in [1.165, 1.54) is 0 Å². The number of fused-ring (bicyclic) bond motifs is 2. The van der Waals surface area contributed by atoms with Crippen LogP contribution in [0.4, 0.5) is 0 Å². The molecule has 144 valence electrons. The highest BCUT2D eigenvalue weighted by molar-refractivity contribution is 5.96. The smallest absolute Gasteiger partial charge is 0.256 e. The largest absolute Gasteiger partial charge is 0.454 e. The predicted molar refractivity (Wildman–Crippen MR) is 105 cm³/mol. The lowest BCUT2D eigenvalue weighted by atomic mass is 10.1. The summed E-state index contributed by atoms with van der Waals surface area (Å²) in [4.78, 5) is 29.8. The Kier molecular flexibility index (Phi) is 4.73. The van der Waals surface area contributed by atoms with E-state index in [0.29, 0.717) is 36.3 Å². The monoisotopic (exact) mass is 379 g/mol. The third kappa shape index (κ3) is 3.31. The van der Waals surface area contributed by atoms with E-state index in [2.05, 4.69) is 10.3 Å². The number of benzene rings is 1. The number of hydrogen-bond acceptors (Lipinski definition) is 5. The maximum Gasteiger partial charge on any atom is 0.256 e. The molecule has 7 nitrogen and oxygen atoms in total. The van der Waals surface area contributed by atoms with Crippen LogP contribution in [0.25, 0.3) is 11.0 Å². The zero-order valence-corrected chi connectivity index (χ0v) is 15.8. The molecule has 3 aromatic rings. The molecular formula is C21H21N3O4. The average molecular weight is 379 g/mol. The van der Waals surface area contributed by atoms with Gasteiger partial charge in [0, 0.05) is 25.0 Å². The van der Waals surface area contributed by atoms with Gasteiger partial charge in [0.05, 0.1) is 5.39 Å². The number of hydrogen-bond donors (Lipinski definition) is 1. The Bertz CT molecular complexity index is 1120. The fraction of sp³-hybridized carbons (Fsp3) is 0.286. The van der Waals surface area contributed by atoms with Gasteiger partial charge in [-0.2, -0.15) is 0 Å². The van der Waals surface area contributed by atoms with Crippen LogP contribution in [-0.4, -0.2) is 28.8 Å². The lowest BCUT2D eigenvalue weighted by Crippen LogP contribution is -2.31. The van der Waals surface area contributed by atoms with Crippen LogP contribution in [0.2, 0.25) is 0 Å². The molecule has 0 spiro atoms. The molecule has 7 heteroatoms. The number of nitrogens with zero attached hydrogens (tertiary/aromatic N) is 2. The first kappa shape index (κ1) is 18.0. The number of nitrogens with one attached hydrogen (secondary N) is 1. The number of carbonyl (C=O) groups excluding carboxylic acids is 1. The first-order chi connectivity index (χ1) is 13.6. The molecule has 28 heavy (non-hydrogen) atoms. The minimum Gasteiger partial charge on any atom is -0.454 e. The second kappa shape index (κ2) is 7.34. The Morgan fingerprint density at radius 2 is 2.04 bits per heavy atom. The van der Waals surface area contributed by atoms with E-state index in [1.807, 2.05) is 36.6 Å². The van der Waals surface area contributed by atoms with Crippen molar-refractivity contribution in [2.24, 2.45) is 0 Å². The summed E-state index contributed by atoms with van der Waals surface area (Å²) in [6.07, 6.45) is 2.21. The Hall–Kier alpha value is -3.35. The summed E-state index contributed by atoms with van der Waals surface area (Å²) in [5.41, 5.74) is 2.28. The first-order valence-electron chi connectivity index (χ1n) is 9.24. The van der Waals surface area contributed by atoms with E-state index in [-0.39, 0.29) is 23.7 Å². The average Bonchev–Trinajstić information content (AvgIpc) is 3.16. The van der Waals surface area contributed by atoms with E-state index in [1.54, 1.807) is 18.3 Å². The third-order valence-electron chi connectivity index (χ3n) is 4.78. The van der Waals surface area contributed by atoms with Crippen molar-refractivity contribution < 1.29 is 14.3 Å². The van der Waals surface area contributed by atoms with Crippen molar-refractivity contribution in [2.45, 2.75) is 26.8 Å². The molecule has 0 saturated carbocycles. The van der Waals surface area contributed by atoms with Gasteiger partial charge in [-0.3, -0.25) is 9.59 Å². The Morgan fingerprint density at radius 1 is 1.21 bits per heavy atom. The topological polar surface area (TPSA) is 82.5 Å². The van der Waals surface area contributed by atoms with Crippen LogP contribution in [-0.2, 0) is 13.0 Å². The summed E-state index contributed by atoms with van der Waals surface area (Å²) in [5.74, 6) is 1.07. The number of aromatic nitrogens is 2. The van der Waals surface area contributed by atoms with Gasteiger partial charge in [0.1, 0.15) is 11.2 Å². The predicted octanol–water partition coefficient (Wildman–Crippen LogP) is 2.43. The molecule has 1 aliphatic rings. The number of carbonyl (C=O) groups is 1. The highest BCUT2D eigenvalue weighted by atomic mass is 16.7. The Morgan fingerprint density at radius 3 is 2.86 bits per heavy atom. The van der Waals surface area contributed by atoms with Crippen LogP contribution >= 0.6 is 0 Å². The van der Waals surface area contributed by atoms with Crippen molar-refractivity contribution in [1.29, 1.82) is 0 Å². The van der Waals surface area contributed by atoms with Gasteiger partial charge in [0.15, 0.2) is 11.5 Å². The van der Waals surface area contributed by atoms with Crippen LogP contribution in [0.5, 0.6) is 11.5 Å². The van der Waals surface area contributed by atoms with Crippen molar-refractivity contribution in [3.8, 4) is 11.5 Å². The minimum atomic E-state index is -0.379. The fourth-order valence-electron chi connectivity index (χ4n) is 3.27. The van der Waals surface area contributed by atoms with E-state index >= 15 is 0 Å². The Balaban J connectivity index is 1.52. The highest BCUT2D eigenvalue weighted by Gasteiger charge is 2.16. The zero-order valence-electron chi connectivity index (χ0n) is 15.8. The summed E-state index contributed by atoms with van der Waals surface area (Å²) in [6.45, 7) is 5.09. The lowest BCUT2D eigenvalue weighted by molar-refractivity contribution is 0.0952. The number of rotatable bonds is 5. The van der Waals surface area contributed by atoms with Crippen LogP contribution < -0.4 is 20.2 Å². The van der Waals surface area contributed by atoms with E-state index in [0.717, 1.165) is 17.0 Å². The molecule has 0 radical (unpaired) electrons. The summed E-state index contributed by atoms with van der Waals surface area (Å²) >= 11 is 0. The number of aryl methyl sites for hydroxylation is 2. The summed E-state index contributed by atoms with van der Waals surface area (Å²) < 4.78 is 12.5. The Labute approximate surface area is 161 Å². The molecule has 0 atom stereocenters. The molecule has 0 unspecified atom stereocenters. The van der Waals surface area contributed by atoms with Crippen LogP contribution in [0.1, 0.15) is 28.5 Å². The van der Waals surface area contributed by atoms with E-state index < -0.39 is 0 Å². The normalized spacial score (nSPS) is 12.4. The SMILES string of the molecule is CCn1cc(C(=O)NCCc2ccc3c(c2)OCO3)c(=O)c2ccc(C)nc21. The van der Waals surface area contributed by atoms with Crippen molar-refractivity contribution in [1.82, 2.24) is 14.9 Å². The molecule has 0 bridgehead atoms. The van der Waals surface area contributed by atoms with Gasteiger partial charge in [-0.15, -0.1) is 0 Å². The number of pyridine rings is 2. The van der Waals surface area contributed by atoms with Gasteiger partial charge < -0.3 is 19.4 Å². The fourth-order valence-corrected chi connectivity index (χ4v) is 3.27. The van der Waals surface area contributed by atoms with E-state index in [4.69, 9.17) is 9.47 Å². The molecule has 1 amide bonds. The molecule has 3 heterocycles. The van der Waals surface area contributed by atoms with Gasteiger partial charge in [0.25, 0.3) is 5.91 Å². The first-order valence-corrected chi connectivity index (χ1v) is 9.24. The van der Waals surface area contributed by atoms with Gasteiger partial charge >= 0.3 is 0 Å². The number of ether oxygens (including phenoxy) is 2. The standard InChI is InChI=1S/C21H21N3O4/c1-3-24-11-16(19(25)15-6-4-13(2)23-20(15)24)21(26)22-9-8-14-5-7-17-18(10-14)28-12-27-17/h4-7,10-11H,3,8-9,12H2,1-2H3,(H,22,26). The zero-order chi connectivity index (χ0) is 19.7. The minimum absolute atomic E-state index is 0.130. The van der Waals surface area contributed by atoms with Crippen molar-refractivity contribution >= 4 is 16.9 Å². The maximum absolute atomic E-state index is 12.8. The molecule has 1 N–H and O–H groups in total. The van der Waals surface area contributed by atoms with Crippen LogP contribution in [0, 0.1) is 6.92 Å². The maximum atomic E-state index is 12.8. The van der Waals surface area contributed by atoms with Gasteiger partial charge in [-0.05, 0) is 50.1 Å². The van der Waals surface area contributed by atoms with E-state index in [9.17, 15) is 9.59 Å². The van der Waals surface area contributed by atoms with Crippen molar-refractivity contribution in [2.75, 3.05) is 13.3 Å². The molecule has 2 aromatic heterocycles. The lowest BCUT2D eigenvalue weighted by Gasteiger charge is -2.11. The van der Waals surface area contributed by atoms with Gasteiger partial charge in [0.2, 0.25) is 12.2 Å². The molecule has 4 rings (SSSR count). The molecule has 0 fully saturated rings. The molecule has 0 saturated heterocycles. The van der Waals surface area contributed by atoms with Crippen molar-refractivity contribution in [3.63, 3.8) is 0 Å². The van der Waals surface area contributed by atoms with Crippen molar-refractivity contribution in [3.05, 3.63) is 63.6 Å². The summed E-state index contributed by atoms with van der Waals surface area (Å²) in [7, 11) is 0. The second-order valence-electron chi connectivity index (χ2n) is 6.68. The van der Waals surface area contributed by atoms with Crippen LogP contribution in [0.15, 0.2) is 41.3 Å². The molecular weight excluding hydrogens is 358 g/mol. The third-order valence-corrected chi connectivity index (χ3v) is 4.78. The van der Waals surface area contributed by atoms with Gasteiger partial charge in [-0.1, -0.05) is 6.07 Å². The molecule has 1 aliphatic heterocycles. The highest BCUT2D eigenvalue weighted by Crippen LogP contribution is 2.32. The second-order valence-corrected chi connectivity index (χ2v) is 6.68. The number of amides is 1. The van der Waals surface area contributed by atoms with Gasteiger partial charge in [-0.25, -0.2) is 4.98 Å².